The fourth-order valence-electron chi connectivity index (χ4n) is 2.50. The lowest BCUT2D eigenvalue weighted by Crippen LogP contribution is -2.05. The van der Waals surface area contributed by atoms with E-state index in [0.29, 0.717) is 0 Å². The highest BCUT2D eigenvalue weighted by Gasteiger charge is 2.20. The van der Waals surface area contributed by atoms with Crippen molar-refractivity contribution in [2.75, 3.05) is 0 Å². The number of aromatic nitrogens is 1. The second-order valence-electron chi connectivity index (χ2n) is 4.88. The van der Waals surface area contributed by atoms with Crippen LogP contribution >= 0.6 is 0 Å². The smallest absolute Gasteiger partial charge is 0.0982 e. The second kappa shape index (κ2) is 4.70. The van der Waals surface area contributed by atoms with E-state index in [4.69, 9.17) is 0 Å². The van der Waals surface area contributed by atoms with Crippen molar-refractivity contribution in [1.29, 1.82) is 5.26 Å². The highest BCUT2D eigenvalue weighted by Crippen LogP contribution is 2.32. The van der Waals surface area contributed by atoms with E-state index in [1.54, 1.807) is 0 Å². The number of nitrogens with one attached hydrogen (secondary N) is 1. The van der Waals surface area contributed by atoms with Crippen molar-refractivity contribution in [3.8, 4) is 6.07 Å². The van der Waals surface area contributed by atoms with Gasteiger partial charge in [-0.2, -0.15) is 5.26 Å². The summed E-state index contributed by atoms with van der Waals surface area (Å²) in [6.45, 7) is 8.43. The summed E-state index contributed by atoms with van der Waals surface area (Å²) in [5, 5.41) is 9.52. The van der Waals surface area contributed by atoms with Crippen molar-refractivity contribution in [2.45, 2.75) is 33.6 Å². The molecule has 1 heterocycles. The minimum Gasteiger partial charge on any atom is -0.367 e. The quantitative estimate of drug-likeness (QED) is 0.846. The molecule has 0 saturated heterocycles. The van der Waals surface area contributed by atoms with E-state index in [1.165, 1.54) is 22.3 Å². The van der Waals surface area contributed by atoms with E-state index in [1.807, 2.05) is 18.5 Å². The highest BCUT2D eigenvalue weighted by atomic mass is 14.6. The molecule has 0 aliphatic rings. The maximum Gasteiger partial charge on any atom is 0.0982 e. The molecule has 0 radical (unpaired) electrons. The van der Waals surface area contributed by atoms with Crippen LogP contribution in [0.4, 0.5) is 0 Å². The summed E-state index contributed by atoms with van der Waals surface area (Å²) in [7, 11) is 0. The van der Waals surface area contributed by atoms with Gasteiger partial charge in [0.15, 0.2) is 0 Å². The average molecular weight is 238 g/mol. The van der Waals surface area contributed by atoms with Crippen LogP contribution in [0.1, 0.15) is 39.3 Å². The van der Waals surface area contributed by atoms with E-state index in [-0.39, 0.29) is 5.92 Å². The Labute approximate surface area is 108 Å². The molecule has 2 nitrogen and oxygen atoms in total. The zero-order valence-electron chi connectivity index (χ0n) is 11.3. The summed E-state index contributed by atoms with van der Waals surface area (Å²) >= 11 is 0. The van der Waals surface area contributed by atoms with Gasteiger partial charge in [-0.05, 0) is 67.1 Å². The van der Waals surface area contributed by atoms with Gasteiger partial charge in [-0.3, -0.25) is 0 Å². The van der Waals surface area contributed by atoms with Gasteiger partial charge >= 0.3 is 0 Å². The molecule has 1 aromatic heterocycles. The summed E-state index contributed by atoms with van der Waals surface area (Å²) in [4.78, 5) is 3.03. The summed E-state index contributed by atoms with van der Waals surface area (Å²) < 4.78 is 0. The number of aromatic amines is 1. The summed E-state index contributed by atoms with van der Waals surface area (Å²) in [6.07, 6.45) is 3.78. The Hall–Kier alpha value is -2.01. The van der Waals surface area contributed by atoms with Gasteiger partial charge in [0.05, 0.1) is 12.0 Å². The van der Waals surface area contributed by atoms with E-state index >= 15 is 0 Å². The summed E-state index contributed by atoms with van der Waals surface area (Å²) in [6, 6.07) is 6.61. The van der Waals surface area contributed by atoms with Crippen molar-refractivity contribution in [3.63, 3.8) is 0 Å². The lowest BCUT2D eigenvalue weighted by molar-refractivity contribution is 0.986. The molecule has 2 heteroatoms. The molecule has 0 amide bonds. The molecule has 0 fully saturated rings. The molecule has 92 valence electrons. The molecule has 0 spiro atoms. The molecule has 1 atom stereocenters. The van der Waals surface area contributed by atoms with Crippen LogP contribution in [-0.2, 0) is 0 Å². The third-order valence-corrected chi connectivity index (χ3v) is 3.80. The molecule has 2 aromatic rings. The Bertz CT molecular complexity index is 575. The maximum absolute atomic E-state index is 9.52. The maximum atomic E-state index is 9.52. The largest absolute Gasteiger partial charge is 0.367 e. The standard InChI is InChI=1S/C16H18N2/c1-10-7-11(2)13(4)16(12(10)3)15(8-17)14-5-6-18-9-14/h5-7,9,15,18H,1-4H3. The van der Waals surface area contributed by atoms with E-state index in [9.17, 15) is 5.26 Å². The van der Waals surface area contributed by atoms with Crippen LogP contribution < -0.4 is 0 Å². The van der Waals surface area contributed by atoms with Gasteiger partial charge < -0.3 is 4.98 Å². The molecule has 0 bridgehead atoms. The van der Waals surface area contributed by atoms with Crippen LogP contribution in [0.15, 0.2) is 24.5 Å². The summed E-state index contributed by atoms with van der Waals surface area (Å²) in [5.74, 6) is -0.185. The Morgan fingerprint density at radius 1 is 1.11 bits per heavy atom. The minimum absolute atomic E-state index is 0.185. The van der Waals surface area contributed by atoms with Crippen LogP contribution in [0, 0.1) is 39.0 Å². The zero-order valence-corrected chi connectivity index (χ0v) is 11.3. The Kier molecular flexibility index (Phi) is 3.25. The molecule has 2 rings (SSSR count). The molecular weight excluding hydrogens is 220 g/mol. The predicted molar refractivity (Wildman–Crippen MR) is 73.6 cm³/mol. The van der Waals surface area contributed by atoms with Gasteiger partial charge in [0, 0.05) is 12.4 Å². The monoisotopic (exact) mass is 238 g/mol. The molecule has 1 aromatic carbocycles. The molecule has 0 aliphatic heterocycles. The fourth-order valence-corrected chi connectivity index (χ4v) is 2.50. The molecule has 18 heavy (non-hydrogen) atoms. The van der Waals surface area contributed by atoms with Gasteiger partial charge in [0.2, 0.25) is 0 Å². The van der Waals surface area contributed by atoms with Crippen LogP contribution in [0.3, 0.4) is 0 Å². The Morgan fingerprint density at radius 3 is 2.17 bits per heavy atom. The van der Waals surface area contributed by atoms with E-state index in [2.05, 4.69) is 44.8 Å². The molecule has 0 aliphatic carbocycles. The Balaban J connectivity index is 2.67. The van der Waals surface area contributed by atoms with E-state index in [0.717, 1.165) is 11.1 Å². The first-order valence-electron chi connectivity index (χ1n) is 6.16. The first-order valence-corrected chi connectivity index (χ1v) is 6.16. The third-order valence-electron chi connectivity index (χ3n) is 3.80. The van der Waals surface area contributed by atoms with Crippen molar-refractivity contribution in [3.05, 3.63) is 57.9 Å². The predicted octanol–water partition coefficient (Wildman–Crippen LogP) is 3.90. The number of nitriles is 1. The number of hydrogen-bond acceptors (Lipinski definition) is 1. The number of nitrogens with zero attached hydrogens (tertiary/aromatic N) is 1. The topological polar surface area (TPSA) is 39.6 Å². The molecule has 0 saturated carbocycles. The number of benzene rings is 1. The average Bonchev–Trinajstić information content (AvgIpc) is 2.85. The van der Waals surface area contributed by atoms with Gasteiger partial charge in [-0.1, -0.05) is 6.07 Å². The van der Waals surface area contributed by atoms with Crippen LogP contribution in [0.5, 0.6) is 0 Å². The van der Waals surface area contributed by atoms with Crippen molar-refractivity contribution >= 4 is 0 Å². The second-order valence-corrected chi connectivity index (χ2v) is 4.88. The highest BCUT2D eigenvalue weighted by molar-refractivity contribution is 5.51. The van der Waals surface area contributed by atoms with Crippen LogP contribution in [0.2, 0.25) is 0 Å². The minimum atomic E-state index is -0.185. The molecule has 1 N–H and O–H groups in total. The van der Waals surface area contributed by atoms with Gasteiger partial charge in [0.1, 0.15) is 0 Å². The fraction of sp³-hybridized carbons (Fsp3) is 0.312. The van der Waals surface area contributed by atoms with Crippen molar-refractivity contribution in [2.24, 2.45) is 0 Å². The van der Waals surface area contributed by atoms with Crippen LogP contribution in [-0.4, -0.2) is 4.98 Å². The van der Waals surface area contributed by atoms with Crippen LogP contribution in [0.25, 0.3) is 0 Å². The number of rotatable bonds is 2. The lowest BCUT2D eigenvalue weighted by atomic mass is 9.84. The van der Waals surface area contributed by atoms with Gasteiger partial charge in [0.25, 0.3) is 0 Å². The van der Waals surface area contributed by atoms with E-state index < -0.39 is 0 Å². The SMILES string of the molecule is Cc1cc(C)c(C)c(C(C#N)c2cc[nH]c2)c1C. The number of aryl methyl sites for hydroxylation is 2. The van der Waals surface area contributed by atoms with Crippen molar-refractivity contribution < 1.29 is 0 Å². The third kappa shape index (κ3) is 1.93. The van der Waals surface area contributed by atoms with Crippen molar-refractivity contribution in [1.82, 2.24) is 4.98 Å². The molecule has 1 unspecified atom stereocenters. The summed E-state index contributed by atoms with van der Waals surface area (Å²) in [5.41, 5.74) is 7.16. The normalized spacial score (nSPS) is 12.2. The number of hydrogen-bond donors (Lipinski definition) is 1. The Morgan fingerprint density at radius 2 is 1.72 bits per heavy atom. The van der Waals surface area contributed by atoms with Gasteiger partial charge in [-0.25, -0.2) is 0 Å². The first kappa shape index (κ1) is 12.4. The first-order chi connectivity index (χ1) is 8.56. The lowest BCUT2D eigenvalue weighted by Gasteiger charge is -2.18. The number of H-pyrrole nitrogens is 1. The van der Waals surface area contributed by atoms with Gasteiger partial charge in [-0.15, -0.1) is 0 Å². The molecular formula is C16H18N2. The zero-order chi connectivity index (χ0) is 13.3.